The van der Waals surface area contributed by atoms with Crippen LogP contribution in [-0.4, -0.2) is 34.0 Å². The summed E-state index contributed by atoms with van der Waals surface area (Å²) in [5, 5.41) is 14.8. The van der Waals surface area contributed by atoms with Crippen LogP contribution in [0.25, 0.3) is 0 Å². The first-order chi connectivity index (χ1) is 11.5. The first-order valence-electron chi connectivity index (χ1n) is 7.79. The maximum atomic E-state index is 12.0. The van der Waals surface area contributed by atoms with Crippen molar-refractivity contribution in [2.45, 2.75) is 43.3 Å². The highest BCUT2D eigenvalue weighted by Gasteiger charge is 2.18. The molecule has 0 aliphatic carbocycles. The lowest BCUT2D eigenvalue weighted by molar-refractivity contribution is -0.120. The Morgan fingerprint density at radius 3 is 2.75 bits per heavy atom. The van der Waals surface area contributed by atoms with E-state index in [0.29, 0.717) is 11.7 Å². The number of rotatable bonds is 8. The van der Waals surface area contributed by atoms with Gasteiger partial charge in [-0.3, -0.25) is 4.79 Å². The Labute approximate surface area is 150 Å². The Balaban J connectivity index is 2.00. The number of amides is 1. The Hall–Kier alpha value is -1.80. The van der Waals surface area contributed by atoms with Crippen LogP contribution in [0.3, 0.4) is 0 Å². The summed E-state index contributed by atoms with van der Waals surface area (Å²) in [5.41, 5.74) is 0.845. The third-order valence-corrected chi connectivity index (χ3v) is 4.94. The number of anilines is 2. The summed E-state index contributed by atoms with van der Waals surface area (Å²) in [5.74, 6) is 0.774. The predicted octanol–water partition coefficient (Wildman–Crippen LogP) is 3.69. The molecule has 0 fully saturated rings. The second-order valence-electron chi connectivity index (χ2n) is 5.35. The number of hydrogen-bond acceptors (Lipinski definition) is 7. The molecular formula is C16H22N4O2S2. The predicted molar refractivity (Wildman–Crippen MR) is 99.4 cm³/mol. The van der Waals surface area contributed by atoms with Crippen LogP contribution in [0.4, 0.5) is 10.8 Å². The molecule has 1 amide bonds. The topological polar surface area (TPSA) is 76.1 Å². The fraction of sp³-hybridized carbons (Fsp3) is 0.438. The van der Waals surface area contributed by atoms with Crippen LogP contribution in [0.15, 0.2) is 28.6 Å². The summed E-state index contributed by atoms with van der Waals surface area (Å²) >= 11 is 2.81. The molecule has 2 rings (SSSR count). The number of carbonyl (C=O) groups is 1. The third kappa shape index (κ3) is 5.38. The highest BCUT2D eigenvalue weighted by atomic mass is 32.2. The van der Waals surface area contributed by atoms with Gasteiger partial charge in [-0.05, 0) is 39.8 Å². The molecule has 1 aromatic carbocycles. The molecule has 2 aromatic rings. The van der Waals surface area contributed by atoms with Crippen molar-refractivity contribution in [2.75, 3.05) is 11.9 Å². The van der Waals surface area contributed by atoms with E-state index in [-0.39, 0.29) is 17.2 Å². The minimum absolute atomic E-state index is 0.00130. The number of nitrogens with zero attached hydrogens (tertiary/aromatic N) is 2. The van der Waals surface area contributed by atoms with Gasteiger partial charge in [-0.1, -0.05) is 35.2 Å². The zero-order valence-corrected chi connectivity index (χ0v) is 15.8. The van der Waals surface area contributed by atoms with E-state index < -0.39 is 0 Å². The lowest BCUT2D eigenvalue weighted by Crippen LogP contribution is -2.35. The quantitative estimate of drug-likeness (QED) is 0.694. The van der Waals surface area contributed by atoms with E-state index in [9.17, 15) is 4.79 Å². The largest absolute Gasteiger partial charge is 0.492 e. The minimum atomic E-state index is -0.219. The Morgan fingerprint density at radius 1 is 1.29 bits per heavy atom. The molecule has 24 heavy (non-hydrogen) atoms. The molecule has 1 aromatic heterocycles. The molecule has 0 aliphatic heterocycles. The number of benzene rings is 1. The van der Waals surface area contributed by atoms with Gasteiger partial charge in [0.15, 0.2) is 4.34 Å². The molecular weight excluding hydrogens is 344 g/mol. The van der Waals surface area contributed by atoms with Crippen molar-refractivity contribution in [3.8, 4) is 5.75 Å². The smallest absolute Gasteiger partial charge is 0.233 e. The van der Waals surface area contributed by atoms with Crippen LogP contribution in [0.5, 0.6) is 5.75 Å². The number of ether oxygens (including phenoxy) is 1. The molecule has 6 nitrogen and oxygen atoms in total. The average molecular weight is 367 g/mol. The van der Waals surface area contributed by atoms with Gasteiger partial charge in [0, 0.05) is 6.04 Å². The summed E-state index contributed by atoms with van der Waals surface area (Å²) in [6.45, 7) is 8.29. The number of para-hydroxylation sites is 2. The first kappa shape index (κ1) is 18.5. The number of nitrogens with one attached hydrogen (secondary N) is 2. The summed E-state index contributed by atoms with van der Waals surface area (Å²) < 4.78 is 6.33. The van der Waals surface area contributed by atoms with E-state index >= 15 is 0 Å². The number of hydrogen-bond donors (Lipinski definition) is 2. The van der Waals surface area contributed by atoms with Gasteiger partial charge in [-0.15, -0.1) is 10.2 Å². The third-order valence-electron chi connectivity index (χ3n) is 2.91. The zero-order valence-electron chi connectivity index (χ0n) is 14.2. The molecule has 0 aliphatic rings. The lowest BCUT2D eigenvalue weighted by Gasteiger charge is -2.12. The second kappa shape index (κ2) is 8.89. The van der Waals surface area contributed by atoms with Gasteiger partial charge in [-0.2, -0.15) is 0 Å². The van der Waals surface area contributed by atoms with E-state index in [1.807, 2.05) is 52.0 Å². The molecule has 1 atom stereocenters. The summed E-state index contributed by atoms with van der Waals surface area (Å²) in [6, 6.07) is 7.81. The number of aromatic nitrogens is 2. The van der Waals surface area contributed by atoms with Crippen LogP contribution in [0.2, 0.25) is 0 Å². The van der Waals surface area contributed by atoms with Gasteiger partial charge in [0.05, 0.1) is 17.5 Å². The molecule has 1 unspecified atom stereocenters. The fourth-order valence-electron chi connectivity index (χ4n) is 1.88. The molecule has 0 saturated carbocycles. The summed E-state index contributed by atoms with van der Waals surface area (Å²) in [4.78, 5) is 12.0. The second-order valence-corrected chi connectivity index (χ2v) is 7.92. The van der Waals surface area contributed by atoms with Crippen molar-refractivity contribution >= 4 is 39.8 Å². The number of carbonyl (C=O) groups excluding carboxylic acids is 1. The molecule has 2 N–H and O–H groups in total. The van der Waals surface area contributed by atoms with Crippen molar-refractivity contribution < 1.29 is 9.53 Å². The highest BCUT2D eigenvalue weighted by Crippen LogP contribution is 2.33. The summed E-state index contributed by atoms with van der Waals surface area (Å²) in [7, 11) is 0. The van der Waals surface area contributed by atoms with E-state index in [4.69, 9.17) is 4.74 Å². The molecule has 0 bridgehead atoms. The number of thioether (sulfide) groups is 1. The molecule has 0 saturated heterocycles. The van der Waals surface area contributed by atoms with Crippen LogP contribution < -0.4 is 15.4 Å². The standard InChI is InChI=1S/C16H22N4O2S2/c1-5-22-13-9-7-6-8-12(13)18-15-19-20-16(24-15)23-11(4)14(21)17-10(2)3/h6-11H,5H2,1-4H3,(H,17,21)(H,18,19). The molecule has 8 heteroatoms. The first-order valence-corrected chi connectivity index (χ1v) is 9.48. The van der Waals surface area contributed by atoms with E-state index in [1.165, 1.54) is 23.1 Å². The monoisotopic (exact) mass is 366 g/mol. The Morgan fingerprint density at radius 2 is 2.04 bits per heavy atom. The van der Waals surface area contributed by atoms with Crippen LogP contribution in [0, 0.1) is 0 Å². The maximum Gasteiger partial charge on any atom is 0.233 e. The van der Waals surface area contributed by atoms with Gasteiger partial charge >= 0.3 is 0 Å². The van der Waals surface area contributed by atoms with E-state index in [0.717, 1.165) is 15.8 Å². The van der Waals surface area contributed by atoms with Gasteiger partial charge in [0.1, 0.15) is 5.75 Å². The molecule has 0 spiro atoms. The van der Waals surface area contributed by atoms with Crippen LogP contribution in [-0.2, 0) is 4.79 Å². The molecule has 0 radical (unpaired) electrons. The fourth-order valence-corrected chi connectivity index (χ4v) is 3.80. The molecule has 130 valence electrons. The lowest BCUT2D eigenvalue weighted by atomic mass is 10.3. The van der Waals surface area contributed by atoms with Gasteiger partial charge < -0.3 is 15.4 Å². The van der Waals surface area contributed by atoms with Crippen molar-refractivity contribution in [1.82, 2.24) is 15.5 Å². The minimum Gasteiger partial charge on any atom is -0.492 e. The Bertz CT molecular complexity index is 676. The SMILES string of the molecule is CCOc1ccccc1Nc1nnc(SC(C)C(=O)NC(C)C)s1. The van der Waals surface area contributed by atoms with Crippen molar-refractivity contribution in [3.63, 3.8) is 0 Å². The van der Waals surface area contributed by atoms with Crippen molar-refractivity contribution in [2.24, 2.45) is 0 Å². The van der Waals surface area contributed by atoms with Crippen molar-refractivity contribution in [1.29, 1.82) is 0 Å². The zero-order chi connectivity index (χ0) is 17.5. The van der Waals surface area contributed by atoms with E-state index in [1.54, 1.807) is 0 Å². The van der Waals surface area contributed by atoms with E-state index in [2.05, 4.69) is 20.8 Å². The van der Waals surface area contributed by atoms with Crippen molar-refractivity contribution in [3.05, 3.63) is 24.3 Å². The summed E-state index contributed by atoms with van der Waals surface area (Å²) in [6.07, 6.45) is 0. The maximum absolute atomic E-state index is 12.0. The highest BCUT2D eigenvalue weighted by molar-refractivity contribution is 8.02. The normalized spacial score (nSPS) is 12.0. The van der Waals surface area contributed by atoms with Crippen LogP contribution >= 0.6 is 23.1 Å². The van der Waals surface area contributed by atoms with Gasteiger partial charge in [0.25, 0.3) is 0 Å². The van der Waals surface area contributed by atoms with Gasteiger partial charge in [0.2, 0.25) is 11.0 Å². The molecule has 1 heterocycles. The van der Waals surface area contributed by atoms with Gasteiger partial charge in [-0.25, -0.2) is 0 Å². The Kier molecular flexibility index (Phi) is 6.86. The van der Waals surface area contributed by atoms with Crippen LogP contribution in [0.1, 0.15) is 27.7 Å². The average Bonchev–Trinajstić information content (AvgIpc) is 2.96.